The molecule has 8 nitrogen and oxygen atoms in total. The molecule has 1 saturated carbocycles. The number of nitrogens with one attached hydrogen (secondary N) is 2. The van der Waals surface area contributed by atoms with Crippen molar-refractivity contribution in [2.45, 2.75) is 89.5 Å². The number of aliphatic hydroxyl groups excluding tert-OH is 1. The first-order chi connectivity index (χ1) is 14.0. The van der Waals surface area contributed by atoms with Gasteiger partial charge in [0.2, 0.25) is 5.91 Å². The number of carbonyl (C=O) groups is 3. The lowest BCUT2D eigenvalue weighted by Crippen LogP contribution is -2.59. The molecular formula is C21H39N3O5S. The zero-order valence-corrected chi connectivity index (χ0v) is 19.8. The van der Waals surface area contributed by atoms with E-state index in [-0.39, 0.29) is 17.4 Å². The Bertz CT molecular complexity index is 579. The lowest BCUT2D eigenvalue weighted by Gasteiger charge is -2.35. The lowest BCUT2D eigenvalue weighted by molar-refractivity contribution is -0.163. The number of urea groups is 1. The maximum absolute atomic E-state index is 12.5. The van der Waals surface area contributed by atoms with Gasteiger partial charge in [-0.2, -0.15) is 11.8 Å². The molecule has 4 N–H and O–H groups in total. The molecule has 174 valence electrons. The quantitative estimate of drug-likeness (QED) is 0.303. The van der Waals surface area contributed by atoms with Gasteiger partial charge in [0.15, 0.2) is 0 Å². The maximum atomic E-state index is 12.5. The molecule has 0 spiro atoms. The molecule has 2 atom stereocenters. The third-order valence-corrected chi connectivity index (χ3v) is 7.21. The minimum atomic E-state index is -1.48. The summed E-state index contributed by atoms with van der Waals surface area (Å²) in [5, 5.41) is 24.8. The van der Waals surface area contributed by atoms with Gasteiger partial charge in [-0.1, -0.05) is 33.1 Å². The first-order valence-electron chi connectivity index (χ1n) is 10.9. The normalized spacial score (nSPS) is 17.3. The third-order valence-electron chi connectivity index (χ3n) is 5.59. The molecule has 1 fully saturated rings. The molecule has 30 heavy (non-hydrogen) atoms. The Morgan fingerprint density at radius 2 is 1.73 bits per heavy atom. The van der Waals surface area contributed by atoms with Gasteiger partial charge < -0.3 is 15.7 Å². The Kier molecular flexibility index (Phi) is 11.1. The predicted molar refractivity (Wildman–Crippen MR) is 118 cm³/mol. The molecule has 1 aliphatic rings. The average Bonchev–Trinajstić information content (AvgIpc) is 2.73. The monoisotopic (exact) mass is 445 g/mol. The summed E-state index contributed by atoms with van der Waals surface area (Å²) in [4.78, 5) is 37.1. The molecule has 1 rings (SSSR count). The molecule has 0 aromatic heterocycles. The van der Waals surface area contributed by atoms with Gasteiger partial charge in [-0.15, -0.1) is 5.06 Å². The molecule has 0 aromatic rings. The molecule has 0 heterocycles. The number of rotatable bonds is 10. The van der Waals surface area contributed by atoms with E-state index in [1.54, 1.807) is 11.8 Å². The number of thioether (sulfide) groups is 1. The van der Waals surface area contributed by atoms with Crippen LogP contribution in [0.3, 0.4) is 0 Å². The summed E-state index contributed by atoms with van der Waals surface area (Å²) in [6.45, 7) is 7.62. The Hall–Kier alpha value is -1.32. The predicted octanol–water partition coefficient (Wildman–Crippen LogP) is 2.92. The minimum Gasteiger partial charge on any atom is -0.383 e. The van der Waals surface area contributed by atoms with E-state index in [2.05, 4.69) is 10.6 Å². The van der Waals surface area contributed by atoms with Crippen molar-refractivity contribution in [2.24, 2.45) is 11.8 Å². The summed E-state index contributed by atoms with van der Waals surface area (Å²) >= 11 is 1.61. The largest absolute Gasteiger partial charge is 0.383 e. The van der Waals surface area contributed by atoms with Crippen LogP contribution in [0.15, 0.2) is 0 Å². The average molecular weight is 446 g/mol. The number of aliphatic hydroxyl groups is 1. The van der Waals surface area contributed by atoms with Gasteiger partial charge in [-0.3, -0.25) is 14.8 Å². The van der Waals surface area contributed by atoms with Crippen molar-refractivity contribution in [3.8, 4) is 0 Å². The molecule has 0 aromatic carbocycles. The molecule has 0 aliphatic heterocycles. The van der Waals surface area contributed by atoms with E-state index in [9.17, 15) is 24.7 Å². The summed E-state index contributed by atoms with van der Waals surface area (Å²) in [6, 6.07) is -2.08. The fourth-order valence-corrected chi connectivity index (χ4v) is 4.84. The maximum Gasteiger partial charge on any atom is 0.349 e. The molecule has 4 amide bonds. The van der Waals surface area contributed by atoms with E-state index in [0.717, 1.165) is 5.75 Å². The number of imide groups is 1. The van der Waals surface area contributed by atoms with Crippen molar-refractivity contribution in [2.75, 3.05) is 12.8 Å². The van der Waals surface area contributed by atoms with Gasteiger partial charge in [0, 0.05) is 11.8 Å². The van der Waals surface area contributed by atoms with E-state index in [1.165, 1.54) is 39.2 Å². The van der Waals surface area contributed by atoms with Crippen LogP contribution in [0.25, 0.3) is 0 Å². The first kappa shape index (κ1) is 26.7. The standard InChI is InChI=1S/C21H39N3O5S/c1-14(2)11-12-16(25)19(27)24(29)20(28)23-17(18(26)22-5)21(3,4)30-13-15-9-7-6-8-10-15/h14-17,25,29H,6-13H2,1-5H3,(H,22,26)(H,23,28)/t16-,17?/m0/s1. The van der Waals surface area contributed by atoms with Gasteiger partial charge in [0.1, 0.15) is 12.1 Å². The molecule has 0 bridgehead atoms. The highest BCUT2D eigenvalue weighted by atomic mass is 32.2. The van der Waals surface area contributed by atoms with Gasteiger partial charge in [0.05, 0.1) is 0 Å². The van der Waals surface area contributed by atoms with Crippen LogP contribution < -0.4 is 10.6 Å². The minimum absolute atomic E-state index is 0.122. The number of hydrogen-bond acceptors (Lipinski definition) is 6. The summed E-state index contributed by atoms with van der Waals surface area (Å²) in [5.74, 6) is 0.234. The SMILES string of the molecule is CNC(=O)C(NC(=O)N(O)C(=O)[C@@H](O)CCC(C)C)C(C)(C)SCC1CCCCC1. The van der Waals surface area contributed by atoms with Crippen LogP contribution in [0.2, 0.25) is 0 Å². The van der Waals surface area contributed by atoms with Crippen LogP contribution in [-0.4, -0.2) is 62.9 Å². The summed E-state index contributed by atoms with van der Waals surface area (Å²) in [6.07, 6.45) is 5.31. The Balaban J connectivity index is 2.75. The van der Waals surface area contributed by atoms with Crippen LogP contribution in [0.4, 0.5) is 4.79 Å². The zero-order chi connectivity index (χ0) is 22.9. The number of hydroxylamine groups is 2. The van der Waals surface area contributed by atoms with Crippen molar-refractivity contribution in [1.29, 1.82) is 0 Å². The fourth-order valence-electron chi connectivity index (χ4n) is 3.51. The van der Waals surface area contributed by atoms with Crippen molar-refractivity contribution >= 4 is 29.6 Å². The van der Waals surface area contributed by atoms with Crippen LogP contribution in [0.5, 0.6) is 0 Å². The Morgan fingerprint density at radius 3 is 2.27 bits per heavy atom. The smallest absolute Gasteiger partial charge is 0.349 e. The van der Waals surface area contributed by atoms with E-state index >= 15 is 0 Å². The lowest BCUT2D eigenvalue weighted by atomic mass is 9.91. The second-order valence-electron chi connectivity index (χ2n) is 9.05. The summed E-state index contributed by atoms with van der Waals surface area (Å²) in [5.41, 5.74) is 0. The first-order valence-corrected chi connectivity index (χ1v) is 11.8. The molecule has 9 heteroatoms. The van der Waals surface area contributed by atoms with Gasteiger partial charge >= 0.3 is 6.03 Å². The highest BCUT2D eigenvalue weighted by molar-refractivity contribution is 8.00. The van der Waals surface area contributed by atoms with Gasteiger partial charge in [0.25, 0.3) is 5.91 Å². The van der Waals surface area contributed by atoms with E-state index in [4.69, 9.17) is 0 Å². The number of hydrogen-bond donors (Lipinski definition) is 4. The molecule has 0 radical (unpaired) electrons. The number of amides is 4. The Labute approximate surface area is 184 Å². The van der Waals surface area contributed by atoms with Crippen molar-refractivity contribution in [3.63, 3.8) is 0 Å². The summed E-state index contributed by atoms with van der Waals surface area (Å²) < 4.78 is -0.659. The number of carbonyl (C=O) groups excluding carboxylic acids is 3. The number of nitrogens with zero attached hydrogens (tertiary/aromatic N) is 1. The highest BCUT2D eigenvalue weighted by Crippen LogP contribution is 2.34. The second kappa shape index (κ2) is 12.5. The fraction of sp³-hybridized carbons (Fsp3) is 0.857. The van der Waals surface area contributed by atoms with E-state index in [0.29, 0.717) is 12.3 Å². The van der Waals surface area contributed by atoms with Crippen molar-refractivity contribution < 1.29 is 24.7 Å². The second-order valence-corrected chi connectivity index (χ2v) is 10.7. The Morgan fingerprint density at radius 1 is 1.13 bits per heavy atom. The summed E-state index contributed by atoms with van der Waals surface area (Å²) in [7, 11) is 1.47. The number of likely N-dealkylation sites (N-methyl/N-ethyl adjacent to an activating group) is 1. The zero-order valence-electron chi connectivity index (χ0n) is 18.9. The molecule has 1 aliphatic carbocycles. The van der Waals surface area contributed by atoms with Crippen LogP contribution >= 0.6 is 11.8 Å². The highest BCUT2D eigenvalue weighted by Gasteiger charge is 2.39. The van der Waals surface area contributed by atoms with Crippen molar-refractivity contribution in [1.82, 2.24) is 15.7 Å². The van der Waals surface area contributed by atoms with Crippen LogP contribution in [-0.2, 0) is 9.59 Å². The van der Waals surface area contributed by atoms with Crippen LogP contribution in [0.1, 0.15) is 72.6 Å². The van der Waals surface area contributed by atoms with Gasteiger partial charge in [-0.05, 0) is 57.1 Å². The molecule has 1 unspecified atom stereocenters. The van der Waals surface area contributed by atoms with Crippen molar-refractivity contribution in [3.05, 3.63) is 0 Å². The molecule has 0 saturated heterocycles. The van der Waals surface area contributed by atoms with Gasteiger partial charge in [-0.25, -0.2) is 4.79 Å². The molecular weight excluding hydrogens is 406 g/mol. The van der Waals surface area contributed by atoms with E-state index in [1.807, 2.05) is 27.7 Å². The van der Waals surface area contributed by atoms with E-state index < -0.39 is 34.7 Å². The van der Waals surface area contributed by atoms with Crippen LogP contribution in [0, 0.1) is 11.8 Å². The third kappa shape index (κ3) is 8.43. The topological polar surface area (TPSA) is 119 Å².